The van der Waals surface area contributed by atoms with Crippen LogP contribution in [0.3, 0.4) is 0 Å². The van der Waals surface area contributed by atoms with Gasteiger partial charge in [0, 0.05) is 6.20 Å². The topological polar surface area (TPSA) is 30.0 Å². The van der Waals surface area contributed by atoms with Gasteiger partial charge in [0.15, 0.2) is 0 Å². The van der Waals surface area contributed by atoms with Crippen LogP contribution in [0.25, 0.3) is 0 Å². The van der Waals surface area contributed by atoms with Crippen LogP contribution in [0.2, 0.25) is 0 Å². The molecule has 3 heteroatoms. The Morgan fingerprint density at radius 3 is 2.73 bits per heavy atom. The Balaban J connectivity index is 2.91. The quantitative estimate of drug-likeness (QED) is 0.634. The Morgan fingerprint density at radius 1 is 1.64 bits per heavy atom. The van der Waals surface area contributed by atoms with E-state index in [1.165, 1.54) is 0 Å². The monoisotopic (exact) mass is 169 g/mol. The molecule has 0 amide bonds. The Hall–Kier alpha value is -0.890. The van der Waals surface area contributed by atoms with Gasteiger partial charge in [0.05, 0.1) is 0 Å². The molecular weight excluding hydrogens is 162 g/mol. The van der Waals surface area contributed by atoms with Gasteiger partial charge in [0.25, 0.3) is 5.24 Å². The molecule has 2 nitrogen and oxygen atoms in total. The predicted octanol–water partition coefficient (Wildman–Crippen LogP) is 2.02. The lowest BCUT2D eigenvalue weighted by Gasteiger charge is -1.95. The molecule has 0 aliphatic rings. The number of aromatic nitrogens is 1. The summed E-state index contributed by atoms with van der Waals surface area (Å²) in [5.74, 6) is 0. The Morgan fingerprint density at radius 2 is 2.36 bits per heavy atom. The molecule has 0 radical (unpaired) electrons. The summed E-state index contributed by atoms with van der Waals surface area (Å²) in [6.07, 6.45) is 2.58. The number of halogens is 1. The first-order valence-electron chi connectivity index (χ1n) is 3.38. The number of pyridine rings is 1. The van der Waals surface area contributed by atoms with Crippen LogP contribution < -0.4 is 0 Å². The third kappa shape index (κ3) is 2.02. The van der Waals surface area contributed by atoms with E-state index in [0.29, 0.717) is 5.69 Å². The molecule has 1 aromatic heterocycles. The Labute approximate surface area is 70.2 Å². The van der Waals surface area contributed by atoms with Crippen LogP contribution in [0.15, 0.2) is 18.3 Å². The molecule has 0 spiro atoms. The standard InChI is InChI=1S/C8H8ClNO/c1-2-6-3-4-7(8(9)11)10-5-6/h3-5H,2H2,1H3. The van der Waals surface area contributed by atoms with Gasteiger partial charge in [-0.2, -0.15) is 0 Å². The summed E-state index contributed by atoms with van der Waals surface area (Å²) in [5, 5.41) is -0.507. The molecule has 1 heterocycles. The van der Waals surface area contributed by atoms with Crippen LogP contribution in [0.5, 0.6) is 0 Å². The fourth-order valence-corrected chi connectivity index (χ4v) is 0.862. The van der Waals surface area contributed by atoms with E-state index < -0.39 is 5.24 Å². The van der Waals surface area contributed by atoms with Crippen molar-refractivity contribution in [3.8, 4) is 0 Å². The van der Waals surface area contributed by atoms with Gasteiger partial charge in [-0.3, -0.25) is 9.78 Å². The van der Waals surface area contributed by atoms with E-state index in [4.69, 9.17) is 11.6 Å². The molecular formula is C8H8ClNO. The molecule has 0 N–H and O–H groups in total. The van der Waals surface area contributed by atoms with E-state index >= 15 is 0 Å². The first-order chi connectivity index (χ1) is 5.24. The van der Waals surface area contributed by atoms with E-state index in [1.807, 2.05) is 13.0 Å². The molecule has 0 aromatic carbocycles. The molecule has 0 bridgehead atoms. The average molecular weight is 170 g/mol. The van der Waals surface area contributed by atoms with Crippen LogP contribution in [0.1, 0.15) is 23.0 Å². The zero-order valence-corrected chi connectivity index (χ0v) is 6.93. The molecule has 1 aromatic rings. The van der Waals surface area contributed by atoms with Crippen molar-refractivity contribution < 1.29 is 4.79 Å². The lowest BCUT2D eigenvalue weighted by molar-refractivity contribution is 0.107. The van der Waals surface area contributed by atoms with E-state index in [1.54, 1.807) is 12.3 Å². The number of nitrogens with zero attached hydrogens (tertiary/aromatic N) is 1. The molecule has 0 atom stereocenters. The maximum absolute atomic E-state index is 10.5. The summed E-state index contributed by atoms with van der Waals surface area (Å²) in [4.78, 5) is 14.4. The highest BCUT2D eigenvalue weighted by molar-refractivity contribution is 6.67. The largest absolute Gasteiger partial charge is 0.274 e. The van der Waals surface area contributed by atoms with Crippen molar-refractivity contribution in [2.75, 3.05) is 0 Å². The van der Waals surface area contributed by atoms with Crippen LogP contribution in [-0.2, 0) is 6.42 Å². The van der Waals surface area contributed by atoms with Crippen LogP contribution >= 0.6 is 11.6 Å². The van der Waals surface area contributed by atoms with Crippen molar-refractivity contribution >= 4 is 16.8 Å². The summed E-state index contributed by atoms with van der Waals surface area (Å²) in [6, 6.07) is 3.48. The molecule has 0 saturated heterocycles. The van der Waals surface area contributed by atoms with E-state index in [-0.39, 0.29) is 0 Å². The van der Waals surface area contributed by atoms with Crippen molar-refractivity contribution in [3.05, 3.63) is 29.6 Å². The summed E-state index contributed by atoms with van der Waals surface area (Å²) < 4.78 is 0. The van der Waals surface area contributed by atoms with E-state index in [2.05, 4.69) is 4.98 Å². The molecule has 1 rings (SSSR count). The van der Waals surface area contributed by atoms with Gasteiger partial charge in [-0.1, -0.05) is 13.0 Å². The number of carbonyl (C=O) groups excluding carboxylic acids is 1. The fourth-order valence-electron chi connectivity index (χ4n) is 0.750. The average Bonchev–Trinajstić information content (AvgIpc) is 2.05. The Bertz CT molecular complexity index is 255. The highest BCUT2D eigenvalue weighted by Crippen LogP contribution is 2.03. The minimum atomic E-state index is -0.507. The van der Waals surface area contributed by atoms with Crippen molar-refractivity contribution in [3.63, 3.8) is 0 Å². The zero-order valence-electron chi connectivity index (χ0n) is 6.17. The van der Waals surface area contributed by atoms with Crippen molar-refractivity contribution in [1.82, 2.24) is 4.98 Å². The third-order valence-electron chi connectivity index (χ3n) is 1.43. The van der Waals surface area contributed by atoms with Gasteiger partial charge >= 0.3 is 0 Å². The second kappa shape index (κ2) is 3.49. The van der Waals surface area contributed by atoms with Crippen LogP contribution in [-0.4, -0.2) is 10.2 Å². The number of aryl methyl sites for hydroxylation is 1. The lowest BCUT2D eigenvalue weighted by Crippen LogP contribution is -1.93. The van der Waals surface area contributed by atoms with Gasteiger partial charge in [-0.25, -0.2) is 0 Å². The van der Waals surface area contributed by atoms with Crippen molar-refractivity contribution in [2.24, 2.45) is 0 Å². The molecule has 11 heavy (non-hydrogen) atoms. The summed E-state index contributed by atoms with van der Waals surface area (Å²) in [7, 11) is 0. The minimum absolute atomic E-state index is 0.309. The molecule has 0 aliphatic heterocycles. The number of hydrogen-bond donors (Lipinski definition) is 0. The summed E-state index contributed by atoms with van der Waals surface area (Å²) in [5.41, 5.74) is 1.41. The lowest BCUT2D eigenvalue weighted by atomic mass is 10.2. The highest BCUT2D eigenvalue weighted by atomic mass is 35.5. The first-order valence-corrected chi connectivity index (χ1v) is 3.76. The first kappa shape index (κ1) is 8.21. The van der Waals surface area contributed by atoms with E-state index in [0.717, 1.165) is 12.0 Å². The SMILES string of the molecule is CCc1ccc(C(=O)Cl)nc1. The van der Waals surface area contributed by atoms with Gasteiger partial charge in [-0.15, -0.1) is 0 Å². The summed E-state index contributed by atoms with van der Waals surface area (Å²) in [6.45, 7) is 2.03. The fraction of sp³-hybridized carbons (Fsp3) is 0.250. The maximum atomic E-state index is 10.5. The second-order valence-corrected chi connectivity index (χ2v) is 2.52. The number of carbonyl (C=O) groups is 1. The molecule has 0 fully saturated rings. The summed E-state index contributed by atoms with van der Waals surface area (Å²) >= 11 is 5.20. The Kier molecular flexibility index (Phi) is 2.60. The highest BCUT2D eigenvalue weighted by Gasteiger charge is 2.00. The van der Waals surface area contributed by atoms with E-state index in [9.17, 15) is 4.79 Å². The van der Waals surface area contributed by atoms with Gasteiger partial charge < -0.3 is 0 Å². The molecule has 0 saturated carbocycles. The van der Waals surface area contributed by atoms with Gasteiger partial charge in [0.1, 0.15) is 5.69 Å². The second-order valence-electron chi connectivity index (χ2n) is 2.18. The molecule has 0 unspecified atom stereocenters. The number of rotatable bonds is 2. The van der Waals surface area contributed by atoms with Crippen LogP contribution in [0.4, 0.5) is 0 Å². The van der Waals surface area contributed by atoms with Gasteiger partial charge in [-0.05, 0) is 29.7 Å². The molecule has 0 aliphatic carbocycles. The normalized spacial score (nSPS) is 9.64. The van der Waals surface area contributed by atoms with Crippen LogP contribution in [0, 0.1) is 0 Å². The maximum Gasteiger partial charge on any atom is 0.270 e. The van der Waals surface area contributed by atoms with Gasteiger partial charge in [0.2, 0.25) is 0 Å². The zero-order chi connectivity index (χ0) is 8.27. The third-order valence-corrected chi connectivity index (χ3v) is 1.63. The predicted molar refractivity (Wildman–Crippen MR) is 43.8 cm³/mol. The smallest absolute Gasteiger partial charge is 0.270 e. The van der Waals surface area contributed by atoms with Crippen molar-refractivity contribution in [1.29, 1.82) is 0 Å². The molecule has 58 valence electrons. The minimum Gasteiger partial charge on any atom is -0.274 e. The number of hydrogen-bond acceptors (Lipinski definition) is 2. The van der Waals surface area contributed by atoms with Crippen molar-refractivity contribution in [2.45, 2.75) is 13.3 Å².